The Morgan fingerprint density at radius 3 is 2.89 bits per heavy atom. The number of pyridine rings is 1. The number of hydrogen-bond acceptors (Lipinski definition) is 4. The van der Waals surface area contributed by atoms with E-state index in [1.54, 1.807) is 19.6 Å². The zero-order chi connectivity index (χ0) is 18.2. The van der Waals surface area contributed by atoms with Crippen LogP contribution in [-0.4, -0.2) is 34.1 Å². The summed E-state index contributed by atoms with van der Waals surface area (Å²) >= 11 is 1.81. The number of halogens is 1. The summed E-state index contributed by atoms with van der Waals surface area (Å²) in [6, 6.07) is 8.34. The number of rotatable bonds is 7. The fraction of sp³-hybridized carbons (Fsp3) is 0.316. The molecule has 2 N–H and O–H groups in total. The molecule has 0 bridgehead atoms. The van der Waals surface area contributed by atoms with Gasteiger partial charge in [-0.25, -0.2) is 9.97 Å². The normalized spacial score (nSPS) is 12.3. The van der Waals surface area contributed by atoms with E-state index < -0.39 is 0 Å². The Hall–Kier alpha value is -1.94. The Labute approximate surface area is 181 Å². The van der Waals surface area contributed by atoms with Crippen LogP contribution >= 0.6 is 35.3 Å². The Kier molecular flexibility index (Phi) is 8.73. The first kappa shape index (κ1) is 21.4. The topological polar surface area (TPSA) is 67.1 Å². The molecule has 0 aliphatic heterocycles. The van der Waals surface area contributed by atoms with Gasteiger partial charge in [0, 0.05) is 43.6 Å². The first-order valence-electron chi connectivity index (χ1n) is 8.64. The minimum Gasteiger partial charge on any atom is -0.356 e. The Morgan fingerprint density at radius 2 is 2.19 bits per heavy atom. The predicted octanol–water partition coefficient (Wildman–Crippen LogP) is 3.49. The quantitative estimate of drug-likeness (QED) is 0.299. The van der Waals surface area contributed by atoms with Crippen molar-refractivity contribution in [3.05, 3.63) is 65.0 Å². The van der Waals surface area contributed by atoms with Crippen LogP contribution in [0.3, 0.4) is 0 Å². The number of nitrogens with one attached hydrogen (secondary N) is 2. The van der Waals surface area contributed by atoms with Crippen LogP contribution in [0.5, 0.6) is 0 Å². The maximum Gasteiger partial charge on any atom is 0.191 e. The summed E-state index contributed by atoms with van der Waals surface area (Å²) in [5, 5.41) is 8.90. The van der Waals surface area contributed by atoms with Crippen LogP contribution in [0.4, 0.5) is 0 Å². The van der Waals surface area contributed by atoms with E-state index >= 15 is 0 Å². The molecule has 6 nitrogen and oxygen atoms in total. The standard InChI is InChI=1S/C19H24N6S.HI/c1-15(10-17-4-3-9-26-17)12-23-19(20-2)24-13-16-5-6-22-18(11-16)25-8-7-21-14-25;/h3-9,11,14-15H,10,12-13H2,1-2H3,(H2,20,23,24);1H. The van der Waals surface area contributed by atoms with Crippen LogP contribution in [-0.2, 0) is 13.0 Å². The smallest absolute Gasteiger partial charge is 0.191 e. The summed E-state index contributed by atoms with van der Waals surface area (Å²) < 4.78 is 1.89. The lowest BCUT2D eigenvalue weighted by Gasteiger charge is -2.16. The number of guanidine groups is 1. The number of thiophene rings is 1. The maximum absolute atomic E-state index is 4.37. The van der Waals surface area contributed by atoms with E-state index in [0.29, 0.717) is 12.5 Å². The van der Waals surface area contributed by atoms with Gasteiger partial charge in [0.15, 0.2) is 5.96 Å². The number of nitrogens with zero attached hydrogens (tertiary/aromatic N) is 4. The van der Waals surface area contributed by atoms with Gasteiger partial charge in [-0.1, -0.05) is 13.0 Å². The largest absolute Gasteiger partial charge is 0.356 e. The lowest BCUT2D eigenvalue weighted by molar-refractivity contribution is 0.562. The molecule has 8 heteroatoms. The van der Waals surface area contributed by atoms with E-state index in [9.17, 15) is 0 Å². The molecule has 3 rings (SSSR count). The van der Waals surface area contributed by atoms with Crippen molar-refractivity contribution in [2.75, 3.05) is 13.6 Å². The van der Waals surface area contributed by atoms with E-state index in [1.165, 1.54) is 4.88 Å². The molecule has 3 aromatic rings. The molecule has 0 amide bonds. The van der Waals surface area contributed by atoms with Gasteiger partial charge < -0.3 is 10.6 Å². The zero-order valence-corrected chi connectivity index (χ0v) is 18.6. The van der Waals surface area contributed by atoms with Crippen LogP contribution in [0, 0.1) is 5.92 Å². The Bertz CT molecular complexity index is 817. The highest BCUT2D eigenvalue weighted by Crippen LogP contribution is 2.13. The minimum absolute atomic E-state index is 0. The fourth-order valence-electron chi connectivity index (χ4n) is 2.63. The minimum atomic E-state index is 0. The number of aromatic nitrogens is 3. The van der Waals surface area contributed by atoms with Gasteiger partial charge in [-0.15, -0.1) is 35.3 Å². The molecule has 0 fully saturated rings. The molecule has 0 spiro atoms. The Balaban J connectivity index is 0.00000261. The van der Waals surface area contributed by atoms with Crippen molar-refractivity contribution < 1.29 is 0 Å². The summed E-state index contributed by atoms with van der Waals surface area (Å²) in [7, 11) is 1.79. The molecule has 144 valence electrons. The van der Waals surface area contributed by atoms with Crippen LogP contribution < -0.4 is 10.6 Å². The van der Waals surface area contributed by atoms with Gasteiger partial charge >= 0.3 is 0 Å². The highest BCUT2D eigenvalue weighted by Gasteiger charge is 2.06. The van der Waals surface area contributed by atoms with Crippen molar-refractivity contribution >= 4 is 41.3 Å². The summed E-state index contributed by atoms with van der Waals surface area (Å²) in [6.45, 7) is 3.82. The predicted molar refractivity (Wildman–Crippen MR) is 122 cm³/mol. The van der Waals surface area contributed by atoms with Crippen molar-refractivity contribution in [2.24, 2.45) is 10.9 Å². The molecule has 27 heavy (non-hydrogen) atoms. The number of imidazole rings is 1. The van der Waals surface area contributed by atoms with Crippen LogP contribution in [0.25, 0.3) is 5.82 Å². The summed E-state index contributed by atoms with van der Waals surface area (Å²) in [6.07, 6.45) is 8.27. The molecule has 0 saturated heterocycles. The summed E-state index contributed by atoms with van der Waals surface area (Å²) in [5.74, 6) is 2.21. The highest BCUT2D eigenvalue weighted by atomic mass is 127. The molecule has 0 radical (unpaired) electrons. The van der Waals surface area contributed by atoms with Gasteiger partial charge in [0.25, 0.3) is 0 Å². The monoisotopic (exact) mass is 496 g/mol. The molecule has 1 atom stereocenters. The third kappa shape index (κ3) is 6.62. The molecule has 3 heterocycles. The van der Waals surface area contributed by atoms with E-state index in [2.05, 4.69) is 50.0 Å². The molecule has 1 unspecified atom stereocenters. The Morgan fingerprint density at radius 1 is 1.30 bits per heavy atom. The lowest BCUT2D eigenvalue weighted by Crippen LogP contribution is -2.39. The average molecular weight is 496 g/mol. The van der Waals surface area contributed by atoms with Crippen LogP contribution in [0.15, 0.2) is 59.6 Å². The van der Waals surface area contributed by atoms with Crippen LogP contribution in [0.2, 0.25) is 0 Å². The molecule has 3 aromatic heterocycles. The van der Waals surface area contributed by atoms with Crippen molar-refractivity contribution in [1.29, 1.82) is 0 Å². The third-order valence-corrected chi connectivity index (χ3v) is 4.91. The van der Waals surface area contributed by atoms with Gasteiger partial charge in [-0.05, 0) is 41.5 Å². The first-order valence-corrected chi connectivity index (χ1v) is 9.52. The second-order valence-electron chi connectivity index (χ2n) is 6.19. The SMILES string of the molecule is CN=C(NCc1ccnc(-n2ccnc2)c1)NCC(C)Cc1cccs1.I. The van der Waals surface area contributed by atoms with E-state index in [-0.39, 0.29) is 24.0 Å². The van der Waals surface area contributed by atoms with Crippen molar-refractivity contribution in [3.63, 3.8) is 0 Å². The van der Waals surface area contributed by atoms with Crippen molar-refractivity contribution in [2.45, 2.75) is 19.9 Å². The molecule has 0 aromatic carbocycles. The summed E-state index contributed by atoms with van der Waals surface area (Å²) in [4.78, 5) is 14.2. The zero-order valence-electron chi connectivity index (χ0n) is 15.5. The van der Waals surface area contributed by atoms with E-state index in [4.69, 9.17) is 0 Å². The number of hydrogen-bond donors (Lipinski definition) is 2. The van der Waals surface area contributed by atoms with Crippen molar-refractivity contribution in [3.8, 4) is 5.82 Å². The molecule has 0 saturated carbocycles. The van der Waals surface area contributed by atoms with E-state index in [1.807, 2.05) is 40.4 Å². The second kappa shape index (κ2) is 11.0. The molecular weight excluding hydrogens is 471 g/mol. The molecular formula is C19H25IN6S. The lowest BCUT2D eigenvalue weighted by atomic mass is 10.1. The van der Waals surface area contributed by atoms with Gasteiger partial charge in [-0.2, -0.15) is 0 Å². The van der Waals surface area contributed by atoms with Crippen LogP contribution in [0.1, 0.15) is 17.4 Å². The van der Waals surface area contributed by atoms with Gasteiger partial charge in [0.05, 0.1) is 0 Å². The van der Waals surface area contributed by atoms with Crippen molar-refractivity contribution in [1.82, 2.24) is 25.2 Å². The fourth-order valence-corrected chi connectivity index (χ4v) is 3.50. The average Bonchev–Trinajstić information content (AvgIpc) is 3.36. The highest BCUT2D eigenvalue weighted by molar-refractivity contribution is 14.0. The number of aliphatic imine (C=N–C) groups is 1. The molecule has 0 aliphatic rings. The summed E-state index contributed by atoms with van der Waals surface area (Å²) in [5.41, 5.74) is 1.14. The van der Waals surface area contributed by atoms with Gasteiger partial charge in [0.2, 0.25) is 0 Å². The van der Waals surface area contributed by atoms with E-state index in [0.717, 1.165) is 30.3 Å². The first-order chi connectivity index (χ1) is 12.7. The van der Waals surface area contributed by atoms with Gasteiger partial charge in [0.1, 0.15) is 12.1 Å². The van der Waals surface area contributed by atoms with Gasteiger partial charge in [-0.3, -0.25) is 9.56 Å². The molecule has 0 aliphatic carbocycles. The maximum atomic E-state index is 4.37. The second-order valence-corrected chi connectivity index (χ2v) is 7.22. The third-order valence-electron chi connectivity index (χ3n) is 4.01.